The second-order valence-electron chi connectivity index (χ2n) is 6.69. The SMILES string of the molecule is CC(C)N(C(=O)c1ccc(S(=O)(=O)N2CCCCC2)o1)c1ccccc1. The molecule has 6 nitrogen and oxygen atoms in total. The molecular weight excluding hydrogens is 352 g/mol. The van der Waals surface area contributed by atoms with Crippen molar-refractivity contribution in [3.63, 3.8) is 0 Å². The van der Waals surface area contributed by atoms with Crippen LogP contribution in [-0.4, -0.2) is 37.8 Å². The zero-order valence-electron chi connectivity index (χ0n) is 15.1. The molecule has 1 aliphatic heterocycles. The van der Waals surface area contributed by atoms with Gasteiger partial charge in [-0.1, -0.05) is 24.6 Å². The third-order valence-electron chi connectivity index (χ3n) is 4.47. The van der Waals surface area contributed by atoms with Crippen LogP contribution in [0.15, 0.2) is 52.0 Å². The largest absolute Gasteiger partial charge is 0.438 e. The normalized spacial score (nSPS) is 16.0. The summed E-state index contributed by atoms with van der Waals surface area (Å²) in [6.45, 7) is 4.79. The van der Waals surface area contributed by atoms with Crippen molar-refractivity contribution in [3.05, 3.63) is 48.2 Å². The Kier molecular flexibility index (Phi) is 5.48. The lowest BCUT2D eigenvalue weighted by Gasteiger charge is -2.26. The maximum atomic E-state index is 12.9. The number of anilines is 1. The first-order valence-electron chi connectivity index (χ1n) is 8.90. The fraction of sp³-hybridized carbons (Fsp3) is 0.421. The molecule has 3 rings (SSSR count). The van der Waals surface area contributed by atoms with Crippen molar-refractivity contribution in [3.8, 4) is 0 Å². The molecule has 0 spiro atoms. The lowest BCUT2D eigenvalue weighted by molar-refractivity contribution is 0.0948. The van der Waals surface area contributed by atoms with E-state index in [1.54, 1.807) is 4.90 Å². The number of nitrogens with zero attached hydrogens (tertiary/aromatic N) is 2. The number of furan rings is 1. The van der Waals surface area contributed by atoms with Crippen molar-refractivity contribution in [2.75, 3.05) is 18.0 Å². The monoisotopic (exact) mass is 376 g/mol. The summed E-state index contributed by atoms with van der Waals surface area (Å²) in [6, 6.07) is 12.0. The van der Waals surface area contributed by atoms with Gasteiger partial charge < -0.3 is 9.32 Å². The third-order valence-corrected chi connectivity index (χ3v) is 6.24. The summed E-state index contributed by atoms with van der Waals surface area (Å²) in [6.07, 6.45) is 2.73. The highest BCUT2D eigenvalue weighted by atomic mass is 32.2. The Hall–Kier alpha value is -2.12. The van der Waals surface area contributed by atoms with Crippen LogP contribution in [0.2, 0.25) is 0 Å². The van der Waals surface area contributed by atoms with Crippen LogP contribution in [0.5, 0.6) is 0 Å². The summed E-state index contributed by atoms with van der Waals surface area (Å²) in [5, 5.41) is -0.167. The molecule has 0 aliphatic carbocycles. The predicted molar refractivity (Wildman–Crippen MR) is 99.7 cm³/mol. The Bertz CT molecular complexity index is 853. The molecule has 0 unspecified atom stereocenters. The quantitative estimate of drug-likeness (QED) is 0.801. The van der Waals surface area contributed by atoms with Gasteiger partial charge >= 0.3 is 0 Å². The topological polar surface area (TPSA) is 70.8 Å². The molecule has 2 heterocycles. The molecule has 0 saturated carbocycles. The van der Waals surface area contributed by atoms with Crippen LogP contribution in [0.25, 0.3) is 0 Å². The lowest BCUT2D eigenvalue weighted by Crippen LogP contribution is -2.37. The molecule has 7 heteroatoms. The molecular formula is C19H24N2O4S. The number of amides is 1. The Morgan fingerprint density at radius 3 is 2.31 bits per heavy atom. The van der Waals surface area contributed by atoms with E-state index in [4.69, 9.17) is 4.42 Å². The average molecular weight is 376 g/mol. The molecule has 0 N–H and O–H groups in total. The number of carbonyl (C=O) groups excluding carboxylic acids is 1. The number of piperidine rings is 1. The summed E-state index contributed by atoms with van der Waals surface area (Å²) in [5.41, 5.74) is 0.740. The van der Waals surface area contributed by atoms with Gasteiger partial charge in [-0.3, -0.25) is 4.79 Å². The van der Waals surface area contributed by atoms with E-state index in [2.05, 4.69) is 0 Å². The van der Waals surface area contributed by atoms with E-state index in [1.165, 1.54) is 16.4 Å². The zero-order chi connectivity index (χ0) is 18.7. The van der Waals surface area contributed by atoms with E-state index in [-0.39, 0.29) is 22.8 Å². The Labute approximate surface area is 154 Å². The van der Waals surface area contributed by atoms with Gasteiger partial charge in [0.1, 0.15) is 0 Å². The van der Waals surface area contributed by atoms with E-state index in [0.717, 1.165) is 24.9 Å². The van der Waals surface area contributed by atoms with E-state index in [1.807, 2.05) is 44.2 Å². The minimum Gasteiger partial charge on any atom is -0.438 e. The van der Waals surface area contributed by atoms with Crippen molar-refractivity contribution in [1.82, 2.24) is 4.31 Å². The second kappa shape index (κ2) is 7.63. The number of hydrogen-bond acceptors (Lipinski definition) is 4. The van der Waals surface area contributed by atoms with Gasteiger partial charge in [0.25, 0.3) is 15.9 Å². The van der Waals surface area contributed by atoms with Gasteiger partial charge in [0.15, 0.2) is 5.76 Å². The van der Waals surface area contributed by atoms with E-state index in [0.29, 0.717) is 13.1 Å². The van der Waals surface area contributed by atoms with E-state index in [9.17, 15) is 13.2 Å². The molecule has 1 aromatic heterocycles. The molecule has 1 saturated heterocycles. The highest BCUT2D eigenvalue weighted by Crippen LogP contribution is 2.25. The van der Waals surface area contributed by atoms with Crippen molar-refractivity contribution < 1.29 is 17.6 Å². The minimum absolute atomic E-state index is 0.0261. The number of rotatable bonds is 5. The smallest absolute Gasteiger partial charge is 0.294 e. The molecule has 26 heavy (non-hydrogen) atoms. The summed E-state index contributed by atoms with van der Waals surface area (Å²) in [5.74, 6) is -0.329. The lowest BCUT2D eigenvalue weighted by atomic mass is 10.2. The highest BCUT2D eigenvalue weighted by Gasteiger charge is 2.31. The van der Waals surface area contributed by atoms with E-state index >= 15 is 0 Å². The predicted octanol–water partition coefficient (Wildman–Crippen LogP) is 3.51. The fourth-order valence-electron chi connectivity index (χ4n) is 3.16. The number of benzene rings is 1. The summed E-state index contributed by atoms with van der Waals surface area (Å²) < 4.78 is 32.3. The zero-order valence-corrected chi connectivity index (χ0v) is 15.9. The molecule has 2 aromatic rings. The van der Waals surface area contributed by atoms with Crippen LogP contribution < -0.4 is 4.90 Å². The van der Waals surface area contributed by atoms with Crippen LogP contribution >= 0.6 is 0 Å². The third kappa shape index (κ3) is 3.68. The van der Waals surface area contributed by atoms with Gasteiger partial charge in [-0.2, -0.15) is 4.31 Å². The average Bonchev–Trinajstić information content (AvgIpc) is 3.14. The minimum atomic E-state index is -3.69. The standard InChI is InChI=1S/C19H24N2O4S/c1-15(2)21(16-9-5-3-6-10-16)19(22)17-11-12-18(25-17)26(23,24)20-13-7-4-8-14-20/h3,5-6,9-12,15H,4,7-8,13-14H2,1-2H3. The Balaban J connectivity index is 1.87. The molecule has 0 atom stereocenters. The van der Waals surface area contributed by atoms with Crippen LogP contribution in [0.4, 0.5) is 5.69 Å². The van der Waals surface area contributed by atoms with Crippen molar-refractivity contribution >= 4 is 21.6 Å². The first kappa shape index (κ1) is 18.7. The fourth-order valence-corrected chi connectivity index (χ4v) is 4.59. The van der Waals surface area contributed by atoms with Gasteiger partial charge in [0, 0.05) is 24.8 Å². The van der Waals surface area contributed by atoms with Crippen LogP contribution in [0, 0.1) is 0 Å². The van der Waals surface area contributed by atoms with Crippen LogP contribution in [0.1, 0.15) is 43.7 Å². The molecule has 1 aromatic carbocycles. The van der Waals surface area contributed by atoms with Gasteiger partial charge in [-0.05, 0) is 51.0 Å². The van der Waals surface area contributed by atoms with Crippen molar-refractivity contribution in [2.45, 2.75) is 44.2 Å². The molecule has 0 radical (unpaired) electrons. The molecule has 1 fully saturated rings. The maximum Gasteiger partial charge on any atom is 0.294 e. The van der Waals surface area contributed by atoms with Gasteiger partial charge in [-0.15, -0.1) is 0 Å². The second-order valence-corrected chi connectivity index (χ2v) is 8.56. The molecule has 1 aliphatic rings. The van der Waals surface area contributed by atoms with Crippen LogP contribution in [0.3, 0.4) is 0 Å². The first-order chi connectivity index (χ1) is 12.4. The van der Waals surface area contributed by atoms with Crippen molar-refractivity contribution in [2.24, 2.45) is 0 Å². The summed E-state index contributed by atoms with van der Waals surface area (Å²) in [7, 11) is -3.69. The summed E-state index contributed by atoms with van der Waals surface area (Å²) in [4.78, 5) is 14.5. The molecule has 1 amide bonds. The highest BCUT2D eigenvalue weighted by molar-refractivity contribution is 7.89. The Morgan fingerprint density at radius 1 is 1.04 bits per heavy atom. The van der Waals surface area contributed by atoms with Gasteiger partial charge in [-0.25, -0.2) is 8.42 Å². The number of carbonyl (C=O) groups is 1. The number of para-hydroxylation sites is 1. The molecule has 140 valence electrons. The van der Waals surface area contributed by atoms with Gasteiger partial charge in [0.2, 0.25) is 5.09 Å². The van der Waals surface area contributed by atoms with E-state index < -0.39 is 10.0 Å². The number of sulfonamides is 1. The number of hydrogen-bond donors (Lipinski definition) is 0. The van der Waals surface area contributed by atoms with Crippen LogP contribution in [-0.2, 0) is 10.0 Å². The summed E-state index contributed by atoms with van der Waals surface area (Å²) >= 11 is 0. The first-order valence-corrected chi connectivity index (χ1v) is 10.3. The maximum absolute atomic E-state index is 12.9. The Morgan fingerprint density at radius 2 is 1.69 bits per heavy atom. The molecule has 0 bridgehead atoms. The van der Waals surface area contributed by atoms with Gasteiger partial charge in [0.05, 0.1) is 0 Å². The van der Waals surface area contributed by atoms with Crippen molar-refractivity contribution in [1.29, 1.82) is 0 Å².